The summed E-state index contributed by atoms with van der Waals surface area (Å²) in [6.07, 6.45) is 39.6. The Kier molecular flexibility index (Phi) is 6.59. The van der Waals surface area contributed by atoms with E-state index in [9.17, 15) is 0 Å². The Labute approximate surface area is 262 Å². The van der Waals surface area contributed by atoms with Gasteiger partial charge in [0.05, 0.1) is 6.04 Å². The fraction of sp³-hybridized carbons (Fsp3) is 0.333. The molecule has 0 saturated carbocycles. The quantitative estimate of drug-likeness (QED) is 0.336. The monoisotopic (exact) mass is 574 g/mol. The molecule has 44 heavy (non-hydrogen) atoms. The Morgan fingerprint density at radius 2 is 1.50 bits per heavy atom. The van der Waals surface area contributed by atoms with Crippen LogP contribution in [-0.4, -0.2) is 29.1 Å². The van der Waals surface area contributed by atoms with Crippen LogP contribution in [0.1, 0.15) is 38.5 Å². The molecule has 2 aromatic rings. The standard InChI is InChI=1S/C42H42N2/c1-3-12-29(13-4-1)30-22-25-33(26-23-30)44-40-21-10-7-16-35(40)37-19-11-18-34(42(37)44)31-24-27-41-38(28-31)36-17-8-9-20-39(36)43(41)32-14-5-2-6-15-32/h1,3-5,7-8,10-14,16-17,19,21-28,32,34-36,38-41H,2,6,9,15,18,20H2. The number of rotatable bonds is 4. The summed E-state index contributed by atoms with van der Waals surface area (Å²) in [6, 6.07) is 22.1. The molecule has 1 fully saturated rings. The van der Waals surface area contributed by atoms with Crippen molar-refractivity contribution in [2.24, 2.45) is 23.7 Å². The molecule has 0 radical (unpaired) electrons. The second kappa shape index (κ2) is 10.9. The van der Waals surface area contributed by atoms with E-state index in [2.05, 4.69) is 143 Å². The molecule has 9 rings (SSSR count). The fourth-order valence-electron chi connectivity index (χ4n) is 9.55. The molecule has 5 aliphatic carbocycles. The van der Waals surface area contributed by atoms with Gasteiger partial charge in [-0.25, -0.2) is 0 Å². The van der Waals surface area contributed by atoms with Crippen molar-refractivity contribution in [3.63, 3.8) is 0 Å². The first-order chi connectivity index (χ1) is 21.8. The maximum Gasteiger partial charge on any atom is 0.0626 e. The van der Waals surface area contributed by atoms with Crippen LogP contribution in [0.4, 0.5) is 5.69 Å². The molecular weight excluding hydrogens is 532 g/mol. The van der Waals surface area contributed by atoms with Gasteiger partial charge in [-0.1, -0.05) is 121 Å². The number of allylic oxidation sites excluding steroid dienone is 8. The van der Waals surface area contributed by atoms with E-state index in [-0.39, 0.29) is 0 Å². The maximum absolute atomic E-state index is 2.92. The second-order valence-electron chi connectivity index (χ2n) is 13.7. The molecule has 2 nitrogen and oxygen atoms in total. The van der Waals surface area contributed by atoms with Crippen molar-refractivity contribution in [2.75, 3.05) is 4.90 Å². The molecule has 0 aromatic heterocycles. The van der Waals surface area contributed by atoms with Gasteiger partial charge in [-0.05, 0) is 72.9 Å². The molecule has 2 heteroatoms. The molecule has 0 spiro atoms. The second-order valence-corrected chi connectivity index (χ2v) is 13.7. The van der Waals surface area contributed by atoms with Crippen LogP contribution < -0.4 is 4.90 Å². The van der Waals surface area contributed by atoms with E-state index < -0.39 is 0 Å². The highest BCUT2D eigenvalue weighted by Crippen LogP contribution is 2.52. The summed E-state index contributed by atoms with van der Waals surface area (Å²) in [4.78, 5) is 5.60. The first-order valence-electron chi connectivity index (χ1n) is 17.1. The van der Waals surface area contributed by atoms with E-state index in [0.717, 1.165) is 6.42 Å². The first kappa shape index (κ1) is 26.5. The molecule has 8 unspecified atom stereocenters. The zero-order chi connectivity index (χ0) is 29.0. The SMILES string of the molecule is C1=CC2C3=C(C(C4=CC5C6C=CCCC6N(C6C=CCCC6)C5C=C4)CC=C3)N(c3ccc(-c4ccccc4)cc3)C2C=C1. The molecule has 8 atom stereocenters. The summed E-state index contributed by atoms with van der Waals surface area (Å²) >= 11 is 0. The van der Waals surface area contributed by atoms with E-state index >= 15 is 0 Å². The van der Waals surface area contributed by atoms with Gasteiger partial charge < -0.3 is 4.90 Å². The van der Waals surface area contributed by atoms with Crippen LogP contribution in [-0.2, 0) is 0 Å². The number of benzene rings is 2. The lowest BCUT2D eigenvalue weighted by molar-refractivity contribution is 0.146. The molecular formula is C42H42N2. The summed E-state index contributed by atoms with van der Waals surface area (Å²) in [7, 11) is 0. The average molecular weight is 575 g/mol. The van der Waals surface area contributed by atoms with Crippen molar-refractivity contribution in [3.05, 3.63) is 150 Å². The third-order valence-electron chi connectivity index (χ3n) is 11.5. The Bertz CT molecular complexity index is 1660. The van der Waals surface area contributed by atoms with Gasteiger partial charge in [0.2, 0.25) is 0 Å². The first-order valence-corrected chi connectivity index (χ1v) is 17.1. The summed E-state index contributed by atoms with van der Waals surface area (Å²) in [5.41, 5.74) is 8.39. The Morgan fingerprint density at radius 1 is 0.659 bits per heavy atom. The Hall–Kier alpha value is -3.88. The van der Waals surface area contributed by atoms with Crippen molar-refractivity contribution in [2.45, 2.75) is 62.7 Å². The van der Waals surface area contributed by atoms with E-state index in [1.54, 1.807) is 0 Å². The molecule has 0 amide bonds. The topological polar surface area (TPSA) is 6.48 Å². The Morgan fingerprint density at radius 3 is 2.36 bits per heavy atom. The van der Waals surface area contributed by atoms with E-state index in [4.69, 9.17) is 0 Å². The van der Waals surface area contributed by atoms with Crippen molar-refractivity contribution in [1.82, 2.24) is 4.90 Å². The van der Waals surface area contributed by atoms with Crippen LogP contribution in [0.3, 0.4) is 0 Å². The summed E-state index contributed by atoms with van der Waals surface area (Å²) in [6.45, 7) is 0. The number of fused-ring (bicyclic) bond motifs is 5. The average Bonchev–Trinajstić information content (AvgIpc) is 3.62. The highest BCUT2D eigenvalue weighted by atomic mass is 15.3. The van der Waals surface area contributed by atoms with Gasteiger partial charge in [0.25, 0.3) is 0 Å². The lowest BCUT2D eigenvalue weighted by atomic mass is 9.75. The van der Waals surface area contributed by atoms with E-state index in [1.165, 1.54) is 65.8 Å². The molecule has 220 valence electrons. The van der Waals surface area contributed by atoms with Crippen molar-refractivity contribution >= 4 is 5.69 Å². The number of hydrogen-bond donors (Lipinski definition) is 0. The predicted molar refractivity (Wildman–Crippen MR) is 183 cm³/mol. The third kappa shape index (κ3) is 4.25. The number of anilines is 1. The number of hydrogen-bond acceptors (Lipinski definition) is 2. The minimum absolute atomic E-state index is 0.324. The third-order valence-corrected chi connectivity index (χ3v) is 11.5. The lowest BCUT2D eigenvalue weighted by Crippen LogP contribution is -2.45. The van der Waals surface area contributed by atoms with Gasteiger partial charge in [0.15, 0.2) is 0 Å². The predicted octanol–water partition coefficient (Wildman–Crippen LogP) is 9.35. The van der Waals surface area contributed by atoms with Crippen molar-refractivity contribution in [1.29, 1.82) is 0 Å². The van der Waals surface area contributed by atoms with Crippen LogP contribution in [0, 0.1) is 23.7 Å². The molecule has 1 saturated heterocycles. The molecule has 0 N–H and O–H groups in total. The highest BCUT2D eigenvalue weighted by molar-refractivity contribution is 5.70. The zero-order valence-corrected chi connectivity index (χ0v) is 25.5. The normalized spacial score (nSPS) is 35.0. The molecule has 2 heterocycles. The molecule has 0 bridgehead atoms. The fourth-order valence-corrected chi connectivity index (χ4v) is 9.55. The van der Waals surface area contributed by atoms with Crippen LogP contribution in [0.25, 0.3) is 11.1 Å². The zero-order valence-electron chi connectivity index (χ0n) is 25.5. The summed E-state index contributed by atoms with van der Waals surface area (Å²) < 4.78 is 0. The minimum atomic E-state index is 0.324. The molecule has 2 aromatic carbocycles. The molecule has 2 aliphatic heterocycles. The highest BCUT2D eigenvalue weighted by Gasteiger charge is 2.50. The smallest absolute Gasteiger partial charge is 0.0626 e. The van der Waals surface area contributed by atoms with Crippen LogP contribution in [0.15, 0.2) is 150 Å². The molecule has 7 aliphatic rings. The lowest BCUT2D eigenvalue weighted by Gasteiger charge is -2.39. The maximum atomic E-state index is 2.92. The van der Waals surface area contributed by atoms with Gasteiger partial charge >= 0.3 is 0 Å². The van der Waals surface area contributed by atoms with Crippen LogP contribution in [0.5, 0.6) is 0 Å². The van der Waals surface area contributed by atoms with Crippen LogP contribution >= 0.6 is 0 Å². The van der Waals surface area contributed by atoms with Crippen molar-refractivity contribution < 1.29 is 0 Å². The number of likely N-dealkylation sites (tertiary alicyclic amines) is 1. The summed E-state index contributed by atoms with van der Waals surface area (Å²) in [5, 5.41) is 0. The van der Waals surface area contributed by atoms with Gasteiger partial charge in [-0.3, -0.25) is 4.90 Å². The van der Waals surface area contributed by atoms with E-state index in [0.29, 0.717) is 47.8 Å². The van der Waals surface area contributed by atoms with Gasteiger partial charge in [0.1, 0.15) is 0 Å². The number of nitrogens with zero attached hydrogens (tertiary/aromatic N) is 2. The van der Waals surface area contributed by atoms with Gasteiger partial charge in [-0.15, -0.1) is 0 Å². The Balaban J connectivity index is 1.09. The van der Waals surface area contributed by atoms with Gasteiger partial charge in [0, 0.05) is 53.2 Å². The summed E-state index contributed by atoms with van der Waals surface area (Å²) in [5.74, 6) is 1.96. The van der Waals surface area contributed by atoms with Gasteiger partial charge in [-0.2, -0.15) is 0 Å². The van der Waals surface area contributed by atoms with Crippen LogP contribution in [0.2, 0.25) is 0 Å². The largest absolute Gasteiger partial charge is 0.336 e. The minimum Gasteiger partial charge on any atom is -0.336 e. The van der Waals surface area contributed by atoms with Crippen molar-refractivity contribution in [3.8, 4) is 11.1 Å². The van der Waals surface area contributed by atoms with E-state index in [1.807, 2.05) is 0 Å².